The second kappa shape index (κ2) is 6.86. The number of benzene rings is 1. The summed E-state index contributed by atoms with van der Waals surface area (Å²) >= 11 is 2.54. The number of hydrogen-bond donors (Lipinski definition) is 2. The number of nitrogens with one attached hydrogen (secondary N) is 2. The summed E-state index contributed by atoms with van der Waals surface area (Å²) in [6, 6.07) is 6.30. The van der Waals surface area contributed by atoms with Gasteiger partial charge in [-0.05, 0) is 31.2 Å². The molecule has 1 amide bonds. The van der Waals surface area contributed by atoms with E-state index in [2.05, 4.69) is 25.8 Å². The molecule has 2 aromatic heterocycles. The Morgan fingerprint density at radius 1 is 1.12 bits per heavy atom. The molecule has 0 aliphatic rings. The molecule has 0 radical (unpaired) electrons. The van der Waals surface area contributed by atoms with Crippen LogP contribution in [0.25, 0.3) is 0 Å². The summed E-state index contributed by atoms with van der Waals surface area (Å²) in [7, 11) is -3.23. The van der Waals surface area contributed by atoms with Crippen LogP contribution in [0.3, 0.4) is 0 Å². The average molecular weight is 395 g/mol. The third-order valence-electron chi connectivity index (χ3n) is 3.02. The van der Waals surface area contributed by atoms with Gasteiger partial charge in [-0.1, -0.05) is 11.3 Å². The molecule has 25 heavy (non-hydrogen) atoms. The van der Waals surface area contributed by atoms with Crippen LogP contribution in [0.1, 0.15) is 15.5 Å². The Labute approximate surface area is 151 Å². The first-order valence-corrected chi connectivity index (χ1v) is 10.5. The summed E-state index contributed by atoms with van der Waals surface area (Å²) in [5.74, 6) is -0.368. The summed E-state index contributed by atoms with van der Waals surface area (Å²) in [5.41, 5.74) is 0.932. The first-order chi connectivity index (χ1) is 11.8. The fourth-order valence-electron chi connectivity index (χ4n) is 1.85. The molecule has 3 aromatic rings. The van der Waals surface area contributed by atoms with Crippen molar-refractivity contribution in [3.63, 3.8) is 0 Å². The zero-order valence-corrected chi connectivity index (χ0v) is 15.6. The van der Waals surface area contributed by atoms with Gasteiger partial charge in [-0.15, -0.1) is 21.5 Å². The van der Waals surface area contributed by atoms with E-state index in [9.17, 15) is 13.2 Å². The Bertz CT molecular complexity index is 1010. The summed E-state index contributed by atoms with van der Waals surface area (Å²) in [6.07, 6.45) is 1.15. The SMILES string of the molecule is Cc1nnc(NC(=O)c2csc(Nc3ccc(S(C)(=O)=O)cc3)n2)s1. The summed E-state index contributed by atoms with van der Waals surface area (Å²) in [4.78, 5) is 16.6. The number of aromatic nitrogens is 3. The number of amides is 1. The monoisotopic (exact) mass is 395 g/mol. The number of carbonyl (C=O) groups excluding carboxylic acids is 1. The lowest BCUT2D eigenvalue weighted by Gasteiger charge is -2.03. The molecule has 8 nitrogen and oxygen atoms in total. The smallest absolute Gasteiger partial charge is 0.277 e. The van der Waals surface area contributed by atoms with E-state index >= 15 is 0 Å². The quantitative estimate of drug-likeness (QED) is 0.682. The highest BCUT2D eigenvalue weighted by atomic mass is 32.2. The van der Waals surface area contributed by atoms with Crippen molar-refractivity contribution in [1.82, 2.24) is 15.2 Å². The van der Waals surface area contributed by atoms with Crippen LogP contribution in [0.5, 0.6) is 0 Å². The number of carbonyl (C=O) groups is 1. The fraction of sp³-hybridized carbons (Fsp3) is 0.143. The molecular weight excluding hydrogens is 382 g/mol. The summed E-state index contributed by atoms with van der Waals surface area (Å²) in [6.45, 7) is 1.80. The molecule has 0 aliphatic carbocycles. The molecule has 0 aliphatic heterocycles. The predicted octanol–water partition coefficient (Wildman–Crippen LogP) is 2.70. The minimum atomic E-state index is -3.23. The number of hydrogen-bond acceptors (Lipinski definition) is 9. The van der Waals surface area contributed by atoms with Crippen molar-refractivity contribution in [2.75, 3.05) is 16.9 Å². The molecule has 0 atom stereocenters. The summed E-state index contributed by atoms with van der Waals surface area (Å²) in [5, 5.41) is 16.6. The molecule has 0 saturated carbocycles. The number of thiazole rings is 1. The molecule has 0 spiro atoms. The van der Waals surface area contributed by atoms with E-state index in [4.69, 9.17) is 0 Å². The van der Waals surface area contributed by atoms with Crippen LogP contribution in [0, 0.1) is 6.92 Å². The van der Waals surface area contributed by atoms with Crippen LogP contribution >= 0.6 is 22.7 Å². The van der Waals surface area contributed by atoms with E-state index < -0.39 is 9.84 Å². The van der Waals surface area contributed by atoms with Gasteiger partial charge in [0.25, 0.3) is 5.91 Å². The maximum absolute atomic E-state index is 12.1. The Kier molecular flexibility index (Phi) is 4.79. The molecule has 2 heterocycles. The van der Waals surface area contributed by atoms with Crippen molar-refractivity contribution in [2.24, 2.45) is 0 Å². The Morgan fingerprint density at radius 3 is 2.44 bits per heavy atom. The zero-order valence-electron chi connectivity index (χ0n) is 13.2. The highest BCUT2D eigenvalue weighted by Gasteiger charge is 2.13. The van der Waals surface area contributed by atoms with E-state index in [0.29, 0.717) is 16.0 Å². The maximum Gasteiger partial charge on any atom is 0.277 e. The van der Waals surface area contributed by atoms with E-state index in [1.165, 1.54) is 34.8 Å². The minimum Gasteiger partial charge on any atom is -0.332 e. The topological polar surface area (TPSA) is 114 Å². The van der Waals surface area contributed by atoms with Crippen LogP contribution in [-0.4, -0.2) is 35.8 Å². The van der Waals surface area contributed by atoms with Gasteiger partial charge in [-0.3, -0.25) is 10.1 Å². The van der Waals surface area contributed by atoms with Crippen LogP contribution in [0.2, 0.25) is 0 Å². The Hall–Kier alpha value is -2.37. The maximum atomic E-state index is 12.1. The van der Waals surface area contributed by atoms with E-state index in [-0.39, 0.29) is 16.5 Å². The number of rotatable bonds is 5. The standard InChI is InChI=1S/C14H13N5O3S3/c1-8-18-19-14(24-8)17-12(20)11-7-23-13(16-11)15-9-3-5-10(6-4-9)25(2,21)22/h3-7H,1-2H3,(H,15,16)(H,17,19,20). The van der Waals surface area contributed by atoms with E-state index in [0.717, 1.165) is 11.3 Å². The van der Waals surface area contributed by atoms with Crippen molar-refractivity contribution in [1.29, 1.82) is 0 Å². The van der Waals surface area contributed by atoms with Crippen LogP contribution in [0.4, 0.5) is 16.0 Å². The van der Waals surface area contributed by atoms with Crippen molar-refractivity contribution in [3.05, 3.63) is 40.3 Å². The number of aryl methyl sites for hydroxylation is 1. The molecule has 2 N–H and O–H groups in total. The van der Waals surface area contributed by atoms with E-state index in [1.807, 2.05) is 0 Å². The second-order valence-corrected chi connectivity index (χ2v) is 9.10. The molecule has 3 rings (SSSR count). The van der Waals surface area contributed by atoms with Crippen molar-refractivity contribution < 1.29 is 13.2 Å². The van der Waals surface area contributed by atoms with Crippen molar-refractivity contribution in [2.45, 2.75) is 11.8 Å². The molecule has 0 unspecified atom stereocenters. The largest absolute Gasteiger partial charge is 0.332 e. The van der Waals surface area contributed by atoms with Gasteiger partial charge in [0.05, 0.1) is 4.90 Å². The van der Waals surface area contributed by atoms with Gasteiger partial charge in [-0.25, -0.2) is 13.4 Å². The lowest BCUT2D eigenvalue weighted by atomic mass is 10.3. The van der Waals surface area contributed by atoms with Crippen molar-refractivity contribution in [3.8, 4) is 0 Å². The van der Waals surface area contributed by atoms with Crippen LogP contribution < -0.4 is 10.6 Å². The van der Waals surface area contributed by atoms with Gasteiger partial charge in [0.2, 0.25) is 5.13 Å². The van der Waals surface area contributed by atoms with Gasteiger partial charge < -0.3 is 5.32 Å². The fourth-order valence-corrected chi connectivity index (χ4v) is 3.78. The summed E-state index contributed by atoms with van der Waals surface area (Å²) < 4.78 is 22.9. The molecule has 1 aromatic carbocycles. The second-order valence-electron chi connectivity index (χ2n) is 5.04. The molecule has 11 heteroatoms. The average Bonchev–Trinajstić information content (AvgIpc) is 3.16. The molecule has 0 saturated heterocycles. The molecule has 0 fully saturated rings. The first-order valence-electron chi connectivity index (χ1n) is 6.95. The van der Waals surface area contributed by atoms with Crippen LogP contribution in [0.15, 0.2) is 34.5 Å². The number of sulfone groups is 1. The van der Waals surface area contributed by atoms with Gasteiger partial charge in [0.15, 0.2) is 15.0 Å². The Morgan fingerprint density at radius 2 is 1.84 bits per heavy atom. The van der Waals surface area contributed by atoms with Gasteiger partial charge in [-0.2, -0.15) is 0 Å². The van der Waals surface area contributed by atoms with Gasteiger partial charge in [0.1, 0.15) is 10.7 Å². The normalized spacial score (nSPS) is 11.3. The van der Waals surface area contributed by atoms with Gasteiger partial charge >= 0.3 is 0 Å². The third kappa shape index (κ3) is 4.38. The molecular formula is C14H13N5O3S3. The highest BCUT2D eigenvalue weighted by Crippen LogP contribution is 2.23. The van der Waals surface area contributed by atoms with Gasteiger partial charge in [0, 0.05) is 17.3 Å². The first kappa shape index (κ1) is 17.5. The Balaban J connectivity index is 1.68. The lowest BCUT2D eigenvalue weighted by Crippen LogP contribution is -2.12. The van der Waals surface area contributed by atoms with Crippen molar-refractivity contribution >= 4 is 54.4 Å². The highest BCUT2D eigenvalue weighted by molar-refractivity contribution is 7.90. The number of nitrogens with zero attached hydrogens (tertiary/aromatic N) is 3. The zero-order chi connectivity index (χ0) is 18.0. The third-order valence-corrected chi connectivity index (χ3v) is 5.66. The number of anilines is 3. The van der Waals surface area contributed by atoms with Crippen LogP contribution in [-0.2, 0) is 9.84 Å². The van der Waals surface area contributed by atoms with E-state index in [1.54, 1.807) is 24.4 Å². The molecule has 130 valence electrons. The predicted molar refractivity (Wildman–Crippen MR) is 97.5 cm³/mol. The lowest BCUT2D eigenvalue weighted by molar-refractivity contribution is 0.102. The molecule has 0 bridgehead atoms. The minimum absolute atomic E-state index is 0.240.